The number of nitrogens with two attached hydrogens (primary N) is 1. The molecule has 0 radical (unpaired) electrons. The van der Waals surface area contributed by atoms with Gasteiger partial charge in [-0.1, -0.05) is 42.3 Å². The zero-order valence-electron chi connectivity index (χ0n) is 17.2. The van der Waals surface area contributed by atoms with Crippen molar-refractivity contribution in [2.45, 2.75) is 57.2 Å². The standard InChI is InChI=1S/C23H29ClN4O2/c1-22(9-2-3-12-28(22)20(25)29)19(17-13-23(14-17)10-4-11-23)27-21(30)26-15-16-5-7-18(24)8-6-16/h2-3,5-9,12,17,19H,4,10-11,13-15H2,1H3,(H2,25,29)(H2,26,27,30)/t19?,22-/m1/s1. The van der Waals surface area contributed by atoms with Crippen molar-refractivity contribution in [1.82, 2.24) is 15.5 Å². The van der Waals surface area contributed by atoms with Crippen molar-refractivity contribution in [3.8, 4) is 0 Å². The number of allylic oxidation sites excluding steroid dienone is 2. The van der Waals surface area contributed by atoms with E-state index in [0.29, 0.717) is 22.9 Å². The fourth-order valence-corrected chi connectivity index (χ4v) is 5.41. The number of urea groups is 2. The Labute approximate surface area is 182 Å². The molecule has 3 aliphatic rings. The first-order chi connectivity index (χ1) is 14.3. The topological polar surface area (TPSA) is 87.5 Å². The molecule has 2 atom stereocenters. The van der Waals surface area contributed by atoms with Crippen LogP contribution in [0.2, 0.25) is 5.02 Å². The molecule has 160 valence electrons. The second-order valence-electron chi connectivity index (χ2n) is 9.09. The van der Waals surface area contributed by atoms with Crippen LogP contribution in [0.5, 0.6) is 0 Å². The molecule has 1 aromatic carbocycles. The predicted molar refractivity (Wildman–Crippen MR) is 118 cm³/mol. The summed E-state index contributed by atoms with van der Waals surface area (Å²) >= 11 is 5.93. The van der Waals surface area contributed by atoms with E-state index in [-0.39, 0.29) is 12.1 Å². The van der Waals surface area contributed by atoms with E-state index in [1.54, 1.807) is 24.4 Å². The summed E-state index contributed by atoms with van der Waals surface area (Å²) in [6.07, 6.45) is 13.4. The minimum Gasteiger partial charge on any atom is -0.351 e. The Morgan fingerprint density at radius 1 is 1.23 bits per heavy atom. The molecule has 0 aromatic heterocycles. The highest BCUT2D eigenvalue weighted by molar-refractivity contribution is 6.30. The molecule has 0 saturated heterocycles. The van der Waals surface area contributed by atoms with Crippen LogP contribution in [0.1, 0.15) is 44.6 Å². The Kier molecular flexibility index (Phi) is 5.53. The van der Waals surface area contributed by atoms with Crippen LogP contribution < -0.4 is 16.4 Å². The van der Waals surface area contributed by atoms with Crippen molar-refractivity contribution in [3.05, 3.63) is 59.3 Å². The molecule has 1 aromatic rings. The van der Waals surface area contributed by atoms with E-state index in [9.17, 15) is 9.59 Å². The third-order valence-corrected chi connectivity index (χ3v) is 7.35. The number of carbonyl (C=O) groups is 2. The lowest BCUT2D eigenvalue weighted by atomic mass is 9.49. The van der Waals surface area contributed by atoms with Crippen molar-refractivity contribution in [1.29, 1.82) is 0 Å². The summed E-state index contributed by atoms with van der Waals surface area (Å²) in [4.78, 5) is 26.5. The van der Waals surface area contributed by atoms with Gasteiger partial charge in [-0.3, -0.25) is 4.90 Å². The first kappa shape index (κ1) is 20.8. The van der Waals surface area contributed by atoms with E-state index in [0.717, 1.165) is 18.4 Å². The lowest BCUT2D eigenvalue weighted by Crippen LogP contribution is -2.67. The molecule has 30 heavy (non-hydrogen) atoms. The van der Waals surface area contributed by atoms with Crippen LogP contribution in [0.3, 0.4) is 0 Å². The van der Waals surface area contributed by atoms with Crippen LogP contribution >= 0.6 is 11.6 Å². The van der Waals surface area contributed by atoms with Crippen LogP contribution in [-0.4, -0.2) is 28.5 Å². The molecule has 4 amide bonds. The molecule has 1 spiro atoms. The highest BCUT2D eigenvalue weighted by Crippen LogP contribution is 2.60. The minimum absolute atomic E-state index is 0.234. The van der Waals surface area contributed by atoms with Gasteiger partial charge >= 0.3 is 12.1 Å². The maximum Gasteiger partial charge on any atom is 0.319 e. The van der Waals surface area contributed by atoms with Crippen LogP contribution in [0, 0.1) is 11.3 Å². The first-order valence-corrected chi connectivity index (χ1v) is 10.9. The summed E-state index contributed by atoms with van der Waals surface area (Å²) in [6, 6.07) is 6.37. The molecule has 2 fully saturated rings. The van der Waals surface area contributed by atoms with E-state index >= 15 is 0 Å². The number of nitrogens with zero attached hydrogens (tertiary/aromatic N) is 1. The van der Waals surface area contributed by atoms with Gasteiger partial charge in [-0.25, -0.2) is 9.59 Å². The normalized spacial score (nSPS) is 25.3. The Balaban J connectivity index is 1.48. The quantitative estimate of drug-likeness (QED) is 0.652. The number of halogens is 1. The van der Waals surface area contributed by atoms with Crippen molar-refractivity contribution in [3.63, 3.8) is 0 Å². The van der Waals surface area contributed by atoms with Crippen LogP contribution in [0.4, 0.5) is 9.59 Å². The Hall–Kier alpha value is -2.47. The molecule has 0 bridgehead atoms. The lowest BCUT2D eigenvalue weighted by molar-refractivity contribution is -0.0541. The smallest absolute Gasteiger partial charge is 0.319 e. The van der Waals surface area contributed by atoms with E-state index in [1.165, 1.54) is 24.2 Å². The molecule has 4 rings (SSSR count). The molecule has 1 aliphatic heterocycles. The van der Waals surface area contributed by atoms with Gasteiger partial charge < -0.3 is 16.4 Å². The molecule has 1 heterocycles. The number of rotatable bonds is 5. The highest BCUT2D eigenvalue weighted by Gasteiger charge is 2.55. The molecule has 2 aliphatic carbocycles. The number of nitrogens with one attached hydrogen (secondary N) is 2. The fourth-order valence-electron chi connectivity index (χ4n) is 5.28. The number of carbonyl (C=O) groups excluding carboxylic acids is 2. The van der Waals surface area contributed by atoms with Gasteiger partial charge in [-0.2, -0.15) is 0 Å². The SMILES string of the molecule is C[C@]1(C(NC(=O)NCc2ccc(Cl)cc2)C2CC3(CCC3)C2)C=CC=CN1C(N)=O. The number of amides is 4. The summed E-state index contributed by atoms with van der Waals surface area (Å²) in [5, 5.41) is 6.76. The predicted octanol–water partition coefficient (Wildman–Crippen LogP) is 4.31. The maximum atomic E-state index is 12.8. The third-order valence-electron chi connectivity index (χ3n) is 7.10. The zero-order chi connectivity index (χ0) is 21.4. The lowest BCUT2D eigenvalue weighted by Gasteiger charge is -2.59. The Morgan fingerprint density at radius 2 is 1.93 bits per heavy atom. The first-order valence-electron chi connectivity index (χ1n) is 10.5. The van der Waals surface area contributed by atoms with E-state index in [1.807, 2.05) is 31.2 Å². The van der Waals surface area contributed by atoms with Gasteiger partial charge in [-0.05, 0) is 67.7 Å². The largest absolute Gasteiger partial charge is 0.351 e. The van der Waals surface area contributed by atoms with Gasteiger partial charge in [0.25, 0.3) is 0 Å². The van der Waals surface area contributed by atoms with Crippen molar-refractivity contribution < 1.29 is 9.59 Å². The summed E-state index contributed by atoms with van der Waals surface area (Å²) in [5.41, 5.74) is 6.37. The summed E-state index contributed by atoms with van der Waals surface area (Å²) in [6.45, 7) is 2.37. The molecule has 2 saturated carbocycles. The van der Waals surface area contributed by atoms with Crippen molar-refractivity contribution in [2.75, 3.05) is 0 Å². The number of benzene rings is 1. The highest BCUT2D eigenvalue weighted by atomic mass is 35.5. The van der Waals surface area contributed by atoms with Gasteiger partial charge in [0.2, 0.25) is 0 Å². The molecule has 1 unspecified atom stereocenters. The monoisotopic (exact) mass is 428 g/mol. The second-order valence-corrected chi connectivity index (χ2v) is 9.52. The van der Waals surface area contributed by atoms with Gasteiger partial charge in [0.15, 0.2) is 0 Å². The Morgan fingerprint density at radius 3 is 2.53 bits per heavy atom. The number of hydrogen-bond acceptors (Lipinski definition) is 2. The van der Waals surface area contributed by atoms with Crippen LogP contribution in [0.15, 0.2) is 48.7 Å². The summed E-state index contributed by atoms with van der Waals surface area (Å²) in [5.74, 6) is 0.301. The molecule has 7 heteroatoms. The van der Waals surface area contributed by atoms with Gasteiger partial charge in [0.05, 0.1) is 11.6 Å². The molecule has 4 N–H and O–H groups in total. The molecular formula is C23H29ClN4O2. The summed E-state index contributed by atoms with van der Waals surface area (Å²) < 4.78 is 0. The van der Waals surface area contributed by atoms with Crippen LogP contribution in [0.25, 0.3) is 0 Å². The second kappa shape index (κ2) is 7.99. The van der Waals surface area contributed by atoms with E-state index in [2.05, 4.69) is 10.6 Å². The van der Waals surface area contributed by atoms with Crippen molar-refractivity contribution in [2.24, 2.45) is 17.1 Å². The zero-order valence-corrected chi connectivity index (χ0v) is 18.0. The van der Waals surface area contributed by atoms with Crippen molar-refractivity contribution >= 4 is 23.7 Å². The summed E-state index contributed by atoms with van der Waals surface area (Å²) in [7, 11) is 0. The minimum atomic E-state index is -0.714. The molecule has 6 nitrogen and oxygen atoms in total. The van der Waals surface area contributed by atoms with E-state index in [4.69, 9.17) is 17.3 Å². The van der Waals surface area contributed by atoms with Gasteiger partial charge in [0.1, 0.15) is 0 Å². The van der Waals surface area contributed by atoms with E-state index < -0.39 is 11.6 Å². The third kappa shape index (κ3) is 3.93. The average Bonchev–Trinajstić information content (AvgIpc) is 2.64. The fraction of sp³-hybridized carbons (Fsp3) is 0.478. The number of hydrogen-bond donors (Lipinski definition) is 3. The molecular weight excluding hydrogens is 400 g/mol. The van der Waals surface area contributed by atoms with Gasteiger partial charge in [0, 0.05) is 17.8 Å². The Bertz CT molecular complexity index is 870. The number of primary amides is 1. The van der Waals surface area contributed by atoms with Gasteiger partial charge in [-0.15, -0.1) is 0 Å². The maximum absolute atomic E-state index is 12.8. The van der Waals surface area contributed by atoms with Crippen LogP contribution in [-0.2, 0) is 6.54 Å². The average molecular weight is 429 g/mol.